The number of phenolic OH excluding ortho intramolecular Hbond substituents is 1. The second kappa shape index (κ2) is 5.95. The second-order valence-electron chi connectivity index (χ2n) is 6.46. The summed E-state index contributed by atoms with van der Waals surface area (Å²) in [6.07, 6.45) is 0. The number of phenols is 1. The second-order valence-corrected chi connectivity index (χ2v) is 6.46. The Labute approximate surface area is 160 Å². The van der Waals surface area contributed by atoms with E-state index >= 15 is 0 Å². The quantitative estimate of drug-likeness (QED) is 0.744. The zero-order chi connectivity index (χ0) is 19.4. The number of carbonyl (C=O) groups is 1. The van der Waals surface area contributed by atoms with E-state index in [4.69, 9.17) is 23.7 Å². The van der Waals surface area contributed by atoms with Crippen molar-refractivity contribution in [3.05, 3.63) is 35.9 Å². The lowest BCUT2D eigenvalue weighted by Crippen LogP contribution is -2.01. The maximum Gasteiger partial charge on any atom is 0.231 e. The Morgan fingerprint density at radius 1 is 0.893 bits per heavy atom. The Morgan fingerprint density at radius 3 is 2.36 bits per heavy atom. The van der Waals surface area contributed by atoms with Crippen molar-refractivity contribution in [2.45, 2.75) is 0 Å². The van der Waals surface area contributed by atoms with Crippen LogP contribution in [0.1, 0.15) is 10.4 Å². The van der Waals surface area contributed by atoms with E-state index in [0.29, 0.717) is 44.9 Å². The largest absolute Gasteiger partial charge is 0.504 e. The molecule has 0 bridgehead atoms. The molecule has 0 unspecified atom stereocenters. The summed E-state index contributed by atoms with van der Waals surface area (Å²) in [6, 6.07) is 8.88. The lowest BCUT2D eigenvalue weighted by atomic mass is 9.90. The number of aromatic hydroxyl groups is 1. The summed E-state index contributed by atoms with van der Waals surface area (Å²) >= 11 is 0. The first-order chi connectivity index (χ1) is 13.6. The lowest BCUT2D eigenvalue weighted by Gasteiger charge is -2.16. The van der Waals surface area contributed by atoms with Gasteiger partial charge in [0.25, 0.3) is 0 Å². The Morgan fingerprint density at radius 2 is 1.61 bits per heavy atom. The zero-order valence-corrected chi connectivity index (χ0v) is 15.2. The standard InChI is InChI=1S/C21H16O7/c1-24-15-6-11-12(7-16(15)25-2)20(23)21-19(13(22)8-26-21)18(11)10-3-4-14-17(5-10)28-9-27-14/h3-7,23H,8-9H2,1-2H3. The fourth-order valence-electron chi connectivity index (χ4n) is 3.74. The summed E-state index contributed by atoms with van der Waals surface area (Å²) in [5, 5.41) is 11.9. The van der Waals surface area contributed by atoms with Gasteiger partial charge in [0.1, 0.15) is 0 Å². The average molecular weight is 380 g/mol. The highest BCUT2D eigenvalue weighted by atomic mass is 16.7. The van der Waals surface area contributed by atoms with E-state index in [0.717, 1.165) is 5.56 Å². The number of Topliss-reactive ketones (excluding diaryl/α,β-unsaturated/α-hetero) is 1. The van der Waals surface area contributed by atoms with E-state index < -0.39 is 0 Å². The van der Waals surface area contributed by atoms with Gasteiger partial charge in [-0.05, 0) is 35.2 Å². The first-order valence-electron chi connectivity index (χ1n) is 8.63. The monoisotopic (exact) mass is 380 g/mol. The molecule has 0 amide bonds. The van der Waals surface area contributed by atoms with E-state index in [1.165, 1.54) is 14.2 Å². The molecule has 28 heavy (non-hydrogen) atoms. The van der Waals surface area contributed by atoms with Crippen molar-refractivity contribution in [1.29, 1.82) is 0 Å². The number of benzene rings is 3. The first kappa shape index (κ1) is 16.6. The first-order valence-corrected chi connectivity index (χ1v) is 8.63. The van der Waals surface area contributed by atoms with E-state index in [9.17, 15) is 9.90 Å². The van der Waals surface area contributed by atoms with Crippen molar-refractivity contribution in [1.82, 2.24) is 0 Å². The van der Waals surface area contributed by atoms with Crippen LogP contribution in [0.5, 0.6) is 34.5 Å². The Bertz CT molecular complexity index is 1150. The van der Waals surface area contributed by atoms with Crippen molar-refractivity contribution in [3.8, 4) is 45.6 Å². The smallest absolute Gasteiger partial charge is 0.231 e. The third-order valence-corrected chi connectivity index (χ3v) is 5.03. The summed E-state index contributed by atoms with van der Waals surface area (Å²) in [5.41, 5.74) is 1.73. The summed E-state index contributed by atoms with van der Waals surface area (Å²) in [5.74, 6) is 2.08. The minimum absolute atomic E-state index is 0.0960. The molecule has 142 valence electrons. The van der Waals surface area contributed by atoms with Gasteiger partial charge in [-0.2, -0.15) is 0 Å². The number of methoxy groups -OCH3 is 2. The minimum atomic E-state index is -0.199. The summed E-state index contributed by atoms with van der Waals surface area (Å²) in [4.78, 5) is 12.6. The molecule has 3 aromatic carbocycles. The number of ether oxygens (including phenoxy) is 5. The van der Waals surface area contributed by atoms with Crippen LogP contribution in [0.2, 0.25) is 0 Å². The number of ketones is 1. The van der Waals surface area contributed by atoms with Crippen molar-refractivity contribution >= 4 is 16.6 Å². The summed E-state index contributed by atoms with van der Waals surface area (Å²) < 4.78 is 27.2. The average Bonchev–Trinajstić information content (AvgIpc) is 3.34. The van der Waals surface area contributed by atoms with Crippen LogP contribution in [0.3, 0.4) is 0 Å². The van der Waals surface area contributed by atoms with Crippen molar-refractivity contribution in [2.24, 2.45) is 0 Å². The number of hydrogen-bond donors (Lipinski definition) is 1. The fraction of sp³-hybridized carbons (Fsp3) is 0.190. The maximum absolute atomic E-state index is 12.6. The van der Waals surface area contributed by atoms with Crippen molar-refractivity contribution in [2.75, 3.05) is 27.6 Å². The maximum atomic E-state index is 12.6. The van der Waals surface area contributed by atoms with Crippen LogP contribution < -0.4 is 23.7 Å². The Kier molecular flexibility index (Phi) is 3.52. The molecule has 0 saturated heterocycles. The molecule has 0 saturated carbocycles. The van der Waals surface area contributed by atoms with Gasteiger partial charge in [0.05, 0.1) is 19.8 Å². The normalized spacial score (nSPS) is 14.1. The highest BCUT2D eigenvalue weighted by Gasteiger charge is 2.32. The molecular weight excluding hydrogens is 364 g/mol. The van der Waals surface area contributed by atoms with Gasteiger partial charge in [-0.1, -0.05) is 6.07 Å². The number of carbonyl (C=O) groups excluding carboxylic acids is 1. The molecule has 0 fully saturated rings. The summed E-state index contributed by atoms with van der Waals surface area (Å²) in [6.45, 7) is 0.0331. The number of hydrogen-bond acceptors (Lipinski definition) is 7. The molecule has 0 atom stereocenters. The molecule has 1 N–H and O–H groups in total. The van der Waals surface area contributed by atoms with Gasteiger partial charge in [-0.3, -0.25) is 4.79 Å². The molecule has 2 heterocycles. The predicted octanol–water partition coefficient (Wildman–Crippen LogP) is 3.53. The van der Waals surface area contributed by atoms with E-state index in [1.54, 1.807) is 18.2 Å². The molecule has 7 nitrogen and oxygen atoms in total. The van der Waals surface area contributed by atoms with Crippen LogP contribution >= 0.6 is 0 Å². The highest BCUT2D eigenvalue weighted by Crippen LogP contribution is 2.51. The van der Waals surface area contributed by atoms with Crippen LogP contribution in [0.4, 0.5) is 0 Å². The fourth-order valence-corrected chi connectivity index (χ4v) is 3.74. The van der Waals surface area contributed by atoms with Crippen LogP contribution in [0, 0.1) is 0 Å². The van der Waals surface area contributed by atoms with Gasteiger partial charge in [-0.25, -0.2) is 0 Å². The van der Waals surface area contributed by atoms with Gasteiger partial charge in [-0.15, -0.1) is 0 Å². The van der Waals surface area contributed by atoms with Gasteiger partial charge in [0.2, 0.25) is 12.6 Å². The van der Waals surface area contributed by atoms with Crippen LogP contribution in [0.15, 0.2) is 30.3 Å². The number of rotatable bonds is 3. The molecule has 7 heteroatoms. The van der Waals surface area contributed by atoms with Gasteiger partial charge in [0, 0.05) is 10.9 Å². The highest BCUT2D eigenvalue weighted by molar-refractivity contribution is 6.17. The molecule has 3 aromatic rings. The topological polar surface area (TPSA) is 83.5 Å². The Balaban J connectivity index is 1.90. The molecule has 0 aliphatic carbocycles. The third-order valence-electron chi connectivity index (χ3n) is 5.03. The number of fused-ring (bicyclic) bond motifs is 3. The van der Waals surface area contributed by atoms with Crippen LogP contribution in [-0.2, 0) is 0 Å². The Hall–Kier alpha value is -3.61. The molecule has 2 aliphatic heterocycles. The molecule has 0 aromatic heterocycles. The molecular formula is C21H16O7. The van der Waals surface area contributed by atoms with E-state index in [-0.39, 0.29) is 30.7 Å². The van der Waals surface area contributed by atoms with Crippen molar-refractivity contribution in [3.63, 3.8) is 0 Å². The van der Waals surface area contributed by atoms with Gasteiger partial charge >= 0.3 is 0 Å². The lowest BCUT2D eigenvalue weighted by molar-refractivity contribution is 0.0961. The van der Waals surface area contributed by atoms with Gasteiger partial charge < -0.3 is 28.8 Å². The molecule has 5 rings (SSSR count). The zero-order valence-electron chi connectivity index (χ0n) is 15.2. The van der Waals surface area contributed by atoms with Crippen LogP contribution in [-0.4, -0.2) is 38.5 Å². The molecule has 0 spiro atoms. The van der Waals surface area contributed by atoms with Crippen LogP contribution in [0.25, 0.3) is 21.9 Å². The van der Waals surface area contributed by atoms with Gasteiger partial charge in [0.15, 0.2) is 41.1 Å². The molecule has 2 aliphatic rings. The van der Waals surface area contributed by atoms with E-state index in [2.05, 4.69) is 0 Å². The molecule has 0 radical (unpaired) electrons. The van der Waals surface area contributed by atoms with E-state index in [1.807, 2.05) is 12.1 Å². The third kappa shape index (κ3) is 2.19. The minimum Gasteiger partial charge on any atom is -0.504 e. The SMILES string of the molecule is COc1cc2c(O)c3c(c(-c4ccc5c(c4)OCO5)c2cc1OC)C(=O)CO3. The predicted molar refractivity (Wildman–Crippen MR) is 100 cm³/mol. The van der Waals surface area contributed by atoms with Crippen molar-refractivity contribution < 1.29 is 33.6 Å². The summed E-state index contributed by atoms with van der Waals surface area (Å²) in [7, 11) is 3.05.